The maximum absolute atomic E-state index is 12.0. The number of esters is 1. The van der Waals surface area contributed by atoms with Crippen molar-refractivity contribution in [2.45, 2.75) is 18.7 Å². The van der Waals surface area contributed by atoms with E-state index in [4.69, 9.17) is 9.47 Å². The molecule has 0 saturated carbocycles. The van der Waals surface area contributed by atoms with E-state index in [1.54, 1.807) is 6.92 Å². The Bertz CT molecular complexity index is 559. The van der Waals surface area contributed by atoms with Gasteiger partial charge in [-0.2, -0.15) is 0 Å². The van der Waals surface area contributed by atoms with E-state index in [1.807, 2.05) is 24.3 Å². The lowest BCUT2D eigenvalue weighted by Gasteiger charge is -2.48. The Morgan fingerprint density at radius 3 is 2.89 bits per heavy atom. The second-order valence-electron chi connectivity index (χ2n) is 4.82. The first-order valence-electron chi connectivity index (χ1n) is 5.99. The molecule has 0 aromatic heterocycles. The van der Waals surface area contributed by atoms with Crippen molar-refractivity contribution < 1.29 is 19.1 Å². The van der Waals surface area contributed by atoms with E-state index >= 15 is 0 Å². The second-order valence-corrected chi connectivity index (χ2v) is 4.82. The fourth-order valence-electron chi connectivity index (χ4n) is 2.77. The van der Waals surface area contributed by atoms with Gasteiger partial charge in [0.25, 0.3) is 0 Å². The number of para-hydroxylation sites is 1. The average Bonchev–Trinajstić information content (AvgIpc) is 2.36. The van der Waals surface area contributed by atoms with Crippen molar-refractivity contribution in [3.05, 3.63) is 29.8 Å². The molecule has 0 radical (unpaired) electrons. The second kappa shape index (κ2) is 3.88. The molecule has 2 heterocycles. The summed E-state index contributed by atoms with van der Waals surface area (Å²) in [6, 6.07) is 6.53. The summed E-state index contributed by atoms with van der Waals surface area (Å²) in [4.78, 5) is 23.7. The van der Waals surface area contributed by atoms with Crippen molar-refractivity contribution >= 4 is 12.0 Å². The minimum absolute atomic E-state index is 0.359. The number of carbonyl (C=O) groups excluding carboxylic acids is 2. The van der Waals surface area contributed by atoms with Crippen LogP contribution in [0.5, 0.6) is 5.75 Å². The molecule has 2 N–H and O–H groups in total. The molecule has 1 aromatic rings. The number of nitrogens with one attached hydrogen (secondary N) is 2. The Morgan fingerprint density at radius 1 is 1.42 bits per heavy atom. The zero-order chi connectivity index (χ0) is 13.6. The van der Waals surface area contributed by atoms with Crippen molar-refractivity contribution in [2.75, 3.05) is 7.11 Å². The Balaban J connectivity index is 2.14. The molecule has 19 heavy (non-hydrogen) atoms. The third-order valence-corrected chi connectivity index (χ3v) is 3.61. The fourth-order valence-corrected chi connectivity index (χ4v) is 2.77. The van der Waals surface area contributed by atoms with Gasteiger partial charge in [0.1, 0.15) is 11.7 Å². The van der Waals surface area contributed by atoms with Crippen LogP contribution in [-0.2, 0) is 9.53 Å². The molecule has 6 heteroatoms. The van der Waals surface area contributed by atoms with E-state index in [-0.39, 0.29) is 6.03 Å². The van der Waals surface area contributed by atoms with Crippen LogP contribution in [-0.4, -0.2) is 24.8 Å². The van der Waals surface area contributed by atoms with Crippen LogP contribution in [0.25, 0.3) is 0 Å². The quantitative estimate of drug-likeness (QED) is 0.738. The minimum atomic E-state index is -1.10. The third-order valence-electron chi connectivity index (χ3n) is 3.61. The molecule has 2 bridgehead atoms. The molecule has 1 saturated heterocycles. The number of hydrogen-bond donors (Lipinski definition) is 2. The van der Waals surface area contributed by atoms with Gasteiger partial charge in [0.15, 0.2) is 5.72 Å². The van der Waals surface area contributed by atoms with Crippen LogP contribution in [0.3, 0.4) is 0 Å². The van der Waals surface area contributed by atoms with Crippen molar-refractivity contribution in [1.82, 2.24) is 10.6 Å². The largest absolute Gasteiger partial charge is 0.469 e. The van der Waals surface area contributed by atoms with Crippen LogP contribution in [0, 0.1) is 5.92 Å². The van der Waals surface area contributed by atoms with Crippen molar-refractivity contribution in [2.24, 2.45) is 5.92 Å². The van der Waals surface area contributed by atoms with Gasteiger partial charge in [0.05, 0.1) is 13.2 Å². The molecule has 6 nitrogen and oxygen atoms in total. The lowest BCUT2D eigenvalue weighted by atomic mass is 9.80. The Labute approximate surface area is 110 Å². The van der Waals surface area contributed by atoms with Gasteiger partial charge in [-0.15, -0.1) is 0 Å². The molecular formula is C13H14N2O4. The first kappa shape index (κ1) is 11.8. The molecule has 2 amide bonds. The standard InChI is InChI=1S/C13H14N2O4/c1-13-9(11(16)18-2)10(14-12(17)15-13)7-5-3-4-6-8(7)19-13/h3-6,9-10H,1-2H3,(H2,14,15,17). The van der Waals surface area contributed by atoms with Crippen LogP contribution in [0.15, 0.2) is 24.3 Å². The Morgan fingerprint density at radius 2 is 2.16 bits per heavy atom. The van der Waals surface area contributed by atoms with Crippen LogP contribution >= 0.6 is 0 Å². The molecule has 3 unspecified atom stereocenters. The predicted molar refractivity (Wildman–Crippen MR) is 65.4 cm³/mol. The van der Waals surface area contributed by atoms with Gasteiger partial charge in [-0.05, 0) is 13.0 Å². The summed E-state index contributed by atoms with van der Waals surface area (Å²) >= 11 is 0. The van der Waals surface area contributed by atoms with Crippen molar-refractivity contribution in [1.29, 1.82) is 0 Å². The van der Waals surface area contributed by atoms with Crippen LogP contribution in [0.4, 0.5) is 4.79 Å². The summed E-state index contributed by atoms with van der Waals surface area (Å²) < 4.78 is 10.7. The topological polar surface area (TPSA) is 76.7 Å². The van der Waals surface area contributed by atoms with Crippen LogP contribution < -0.4 is 15.4 Å². The van der Waals surface area contributed by atoms with E-state index in [9.17, 15) is 9.59 Å². The Kier molecular flexibility index (Phi) is 2.41. The van der Waals surface area contributed by atoms with Gasteiger partial charge in [0, 0.05) is 5.56 Å². The number of rotatable bonds is 1. The number of amides is 2. The molecule has 0 spiro atoms. The highest BCUT2D eigenvalue weighted by atomic mass is 16.5. The summed E-state index contributed by atoms with van der Waals surface area (Å²) in [6.07, 6.45) is 0. The zero-order valence-corrected chi connectivity index (χ0v) is 10.6. The smallest absolute Gasteiger partial charge is 0.318 e. The maximum atomic E-state index is 12.0. The van der Waals surface area contributed by atoms with Gasteiger partial charge < -0.3 is 14.8 Å². The fraction of sp³-hybridized carbons (Fsp3) is 0.385. The SMILES string of the molecule is COC(=O)C1C2NC(=O)NC1(C)Oc1ccccc12. The first-order valence-corrected chi connectivity index (χ1v) is 5.99. The number of fused-ring (bicyclic) bond motifs is 4. The van der Waals surface area contributed by atoms with Gasteiger partial charge in [-0.1, -0.05) is 18.2 Å². The van der Waals surface area contributed by atoms with Gasteiger partial charge in [-0.25, -0.2) is 4.79 Å². The molecule has 2 aliphatic heterocycles. The highest BCUT2D eigenvalue weighted by Gasteiger charge is 2.56. The predicted octanol–water partition coefficient (Wildman–Crippen LogP) is 0.938. The summed E-state index contributed by atoms with van der Waals surface area (Å²) in [7, 11) is 1.32. The molecule has 3 rings (SSSR count). The van der Waals surface area contributed by atoms with E-state index in [2.05, 4.69) is 10.6 Å². The summed E-state index contributed by atoms with van der Waals surface area (Å²) in [5, 5.41) is 5.42. The lowest BCUT2D eigenvalue weighted by molar-refractivity contribution is -0.160. The normalized spacial score (nSPS) is 31.4. The van der Waals surface area contributed by atoms with E-state index < -0.39 is 23.7 Å². The molecule has 100 valence electrons. The molecule has 2 aliphatic rings. The van der Waals surface area contributed by atoms with Crippen molar-refractivity contribution in [3.63, 3.8) is 0 Å². The average molecular weight is 262 g/mol. The zero-order valence-electron chi connectivity index (χ0n) is 10.6. The number of carbonyl (C=O) groups is 2. The monoisotopic (exact) mass is 262 g/mol. The van der Waals surface area contributed by atoms with E-state index in [0.29, 0.717) is 5.75 Å². The summed E-state index contributed by atoms with van der Waals surface area (Å²) in [5.41, 5.74) is -0.320. The number of methoxy groups -OCH3 is 1. The summed E-state index contributed by atoms with van der Waals surface area (Å²) in [6.45, 7) is 1.68. The van der Waals surface area contributed by atoms with E-state index in [1.165, 1.54) is 7.11 Å². The van der Waals surface area contributed by atoms with Crippen molar-refractivity contribution in [3.8, 4) is 5.75 Å². The van der Waals surface area contributed by atoms with Crippen LogP contribution in [0.2, 0.25) is 0 Å². The summed E-state index contributed by atoms with van der Waals surface area (Å²) in [5.74, 6) is -0.401. The van der Waals surface area contributed by atoms with E-state index in [0.717, 1.165) is 5.56 Å². The first-order chi connectivity index (χ1) is 9.05. The maximum Gasteiger partial charge on any atom is 0.318 e. The van der Waals surface area contributed by atoms with Crippen LogP contribution in [0.1, 0.15) is 18.5 Å². The van der Waals surface area contributed by atoms with Gasteiger partial charge >= 0.3 is 12.0 Å². The Hall–Kier alpha value is -2.24. The number of ether oxygens (including phenoxy) is 2. The molecule has 1 aromatic carbocycles. The molecular weight excluding hydrogens is 248 g/mol. The molecule has 3 atom stereocenters. The van der Waals surface area contributed by atoms with Gasteiger partial charge in [-0.3, -0.25) is 10.1 Å². The third kappa shape index (κ3) is 1.63. The molecule has 0 aliphatic carbocycles. The highest BCUT2D eigenvalue weighted by Crippen LogP contribution is 2.44. The number of urea groups is 1. The molecule has 1 fully saturated rings. The number of benzene rings is 1. The van der Waals surface area contributed by atoms with Gasteiger partial charge in [0.2, 0.25) is 0 Å². The highest BCUT2D eigenvalue weighted by molar-refractivity contribution is 5.84. The number of hydrogen-bond acceptors (Lipinski definition) is 4. The lowest BCUT2D eigenvalue weighted by Crippen LogP contribution is -2.70. The minimum Gasteiger partial charge on any atom is -0.469 e.